The van der Waals surface area contributed by atoms with Crippen LogP contribution in [-0.2, 0) is 11.2 Å². The third kappa shape index (κ3) is 6.33. The third-order valence-corrected chi connectivity index (χ3v) is 8.58. The second kappa shape index (κ2) is 11.6. The lowest BCUT2D eigenvalue weighted by molar-refractivity contribution is -0.0611. The topological polar surface area (TPSA) is 84.8 Å². The number of halogens is 1. The minimum absolute atomic E-state index is 0.613. The van der Waals surface area contributed by atoms with Crippen LogP contribution in [0.1, 0.15) is 31.2 Å². The standard InChI is InChI=1S/C24H28ClN3O4S2/c1-31-17-4-5-21-19(15-17)18(20(25)16-27-21)3-2-6-24(32-23(29)30)7-10-28(11-8-24)12-14-34-22-26-9-13-33-22/h4-5,9,13,15-16H,2-3,6-8,10-12,14H2,1H3,(H,29,30). The first-order valence-electron chi connectivity index (χ1n) is 11.3. The molecule has 3 heterocycles. The van der Waals surface area contributed by atoms with Crippen molar-refractivity contribution in [1.29, 1.82) is 0 Å². The van der Waals surface area contributed by atoms with Crippen LogP contribution in [0.3, 0.4) is 0 Å². The van der Waals surface area contributed by atoms with E-state index in [4.69, 9.17) is 21.1 Å². The molecule has 34 heavy (non-hydrogen) atoms. The summed E-state index contributed by atoms with van der Waals surface area (Å²) in [7, 11) is 1.63. The SMILES string of the molecule is COc1ccc2ncc(Cl)c(CCCC3(OC(=O)O)CCN(CCSc4nccs4)CC3)c2c1. The number of piperidine rings is 1. The Morgan fingerprint density at radius 2 is 2.15 bits per heavy atom. The van der Waals surface area contributed by atoms with Crippen LogP contribution in [0.4, 0.5) is 4.79 Å². The number of nitrogens with zero attached hydrogens (tertiary/aromatic N) is 3. The van der Waals surface area contributed by atoms with E-state index in [1.807, 2.05) is 29.8 Å². The summed E-state index contributed by atoms with van der Waals surface area (Å²) < 4.78 is 11.9. The van der Waals surface area contributed by atoms with E-state index in [0.29, 0.717) is 30.7 Å². The van der Waals surface area contributed by atoms with Gasteiger partial charge in [-0.15, -0.1) is 11.3 Å². The molecule has 0 saturated carbocycles. The highest BCUT2D eigenvalue weighted by atomic mass is 35.5. The van der Waals surface area contributed by atoms with Crippen molar-refractivity contribution in [3.8, 4) is 5.75 Å². The first-order valence-corrected chi connectivity index (χ1v) is 13.5. The molecule has 0 spiro atoms. The lowest BCUT2D eigenvalue weighted by Crippen LogP contribution is -2.47. The average Bonchev–Trinajstić information content (AvgIpc) is 3.35. The minimum Gasteiger partial charge on any atom is -0.497 e. The number of carboxylic acid groups (broad SMARTS) is 1. The maximum atomic E-state index is 11.5. The summed E-state index contributed by atoms with van der Waals surface area (Å²) in [5.41, 5.74) is 1.21. The Hall–Kier alpha value is -2.07. The highest BCUT2D eigenvalue weighted by Gasteiger charge is 2.37. The summed E-state index contributed by atoms with van der Waals surface area (Å²) >= 11 is 9.92. The molecule has 2 aromatic heterocycles. The van der Waals surface area contributed by atoms with E-state index in [2.05, 4.69) is 14.9 Å². The fourth-order valence-corrected chi connectivity index (χ4v) is 6.44. The monoisotopic (exact) mass is 521 g/mol. The number of thioether (sulfide) groups is 1. The number of fused-ring (bicyclic) bond motifs is 1. The first-order chi connectivity index (χ1) is 16.5. The molecule has 10 heteroatoms. The quantitative estimate of drug-likeness (QED) is 0.257. The van der Waals surface area contributed by atoms with Crippen molar-refractivity contribution in [2.45, 2.75) is 42.0 Å². The molecular formula is C24H28ClN3O4S2. The number of hydrogen-bond acceptors (Lipinski definition) is 8. The van der Waals surface area contributed by atoms with Gasteiger partial charge in [0.1, 0.15) is 15.7 Å². The predicted octanol–water partition coefficient (Wildman–Crippen LogP) is 6.00. The fourth-order valence-electron chi connectivity index (χ4n) is 4.49. The molecule has 1 saturated heterocycles. The molecule has 1 fully saturated rings. The molecule has 0 aliphatic carbocycles. The lowest BCUT2D eigenvalue weighted by Gasteiger charge is -2.40. The van der Waals surface area contributed by atoms with Gasteiger partial charge < -0.3 is 19.5 Å². The van der Waals surface area contributed by atoms with E-state index in [1.165, 1.54) is 0 Å². The van der Waals surface area contributed by atoms with Crippen LogP contribution in [-0.4, -0.2) is 64.2 Å². The van der Waals surface area contributed by atoms with E-state index >= 15 is 0 Å². The third-order valence-electron chi connectivity index (χ3n) is 6.31. The summed E-state index contributed by atoms with van der Waals surface area (Å²) in [4.78, 5) is 22.6. The van der Waals surface area contributed by atoms with E-state index < -0.39 is 11.8 Å². The molecule has 3 aromatic rings. The van der Waals surface area contributed by atoms with Crippen molar-refractivity contribution in [2.75, 3.05) is 32.5 Å². The van der Waals surface area contributed by atoms with Crippen molar-refractivity contribution in [3.63, 3.8) is 0 Å². The van der Waals surface area contributed by atoms with Gasteiger partial charge in [0.2, 0.25) is 0 Å². The number of likely N-dealkylation sites (tertiary alicyclic amines) is 1. The van der Waals surface area contributed by atoms with Crippen LogP contribution in [0.5, 0.6) is 5.75 Å². The average molecular weight is 522 g/mol. The summed E-state index contributed by atoms with van der Waals surface area (Å²) in [6.07, 6.45) is 5.82. The molecule has 1 N–H and O–H groups in total. The highest BCUT2D eigenvalue weighted by Crippen LogP contribution is 2.34. The summed E-state index contributed by atoms with van der Waals surface area (Å²) in [6.45, 7) is 2.59. The van der Waals surface area contributed by atoms with Gasteiger partial charge in [0.05, 0.1) is 17.6 Å². The van der Waals surface area contributed by atoms with Gasteiger partial charge in [-0.25, -0.2) is 9.78 Å². The van der Waals surface area contributed by atoms with E-state index in [-0.39, 0.29) is 0 Å². The number of hydrogen-bond donors (Lipinski definition) is 1. The van der Waals surface area contributed by atoms with Crippen LogP contribution in [0.15, 0.2) is 40.3 Å². The van der Waals surface area contributed by atoms with Gasteiger partial charge in [0.25, 0.3) is 0 Å². The number of carbonyl (C=O) groups is 1. The van der Waals surface area contributed by atoms with Gasteiger partial charge in [0, 0.05) is 61.4 Å². The first kappa shape index (κ1) is 25.0. The van der Waals surface area contributed by atoms with Crippen LogP contribution < -0.4 is 4.74 Å². The maximum Gasteiger partial charge on any atom is 0.506 e. The minimum atomic E-state index is -1.20. The van der Waals surface area contributed by atoms with E-state index in [9.17, 15) is 9.90 Å². The largest absolute Gasteiger partial charge is 0.506 e. The number of aromatic nitrogens is 2. The molecule has 4 rings (SSSR count). The predicted molar refractivity (Wildman–Crippen MR) is 137 cm³/mol. The summed E-state index contributed by atoms with van der Waals surface area (Å²) in [5, 5.41) is 13.0. The number of aryl methyl sites for hydroxylation is 1. The zero-order valence-electron chi connectivity index (χ0n) is 19.0. The van der Waals surface area contributed by atoms with Crippen LogP contribution in [0, 0.1) is 0 Å². The molecule has 1 aromatic carbocycles. The Bertz CT molecular complexity index is 1110. The Kier molecular flexibility index (Phi) is 8.52. The Morgan fingerprint density at radius 1 is 1.32 bits per heavy atom. The zero-order chi connectivity index (χ0) is 24.0. The molecule has 1 aliphatic heterocycles. The van der Waals surface area contributed by atoms with Crippen molar-refractivity contribution < 1.29 is 19.4 Å². The normalized spacial score (nSPS) is 15.9. The molecule has 0 unspecified atom stereocenters. The number of thiazole rings is 1. The summed E-state index contributed by atoms with van der Waals surface area (Å²) in [5.74, 6) is 1.72. The van der Waals surface area contributed by atoms with Gasteiger partial charge in [-0.1, -0.05) is 23.4 Å². The molecule has 1 aliphatic rings. The van der Waals surface area contributed by atoms with Crippen LogP contribution in [0.2, 0.25) is 5.02 Å². The second-order valence-corrected chi connectivity index (χ2v) is 11.0. The molecule has 7 nitrogen and oxygen atoms in total. The van der Waals surface area contributed by atoms with Crippen LogP contribution in [0.25, 0.3) is 10.9 Å². The highest BCUT2D eigenvalue weighted by molar-refractivity contribution is 8.01. The number of benzene rings is 1. The molecule has 0 amide bonds. The Morgan fingerprint density at radius 3 is 2.85 bits per heavy atom. The smallest absolute Gasteiger partial charge is 0.497 e. The van der Waals surface area contributed by atoms with Gasteiger partial charge in [-0.3, -0.25) is 4.98 Å². The number of pyridine rings is 1. The van der Waals surface area contributed by atoms with Gasteiger partial charge in [-0.2, -0.15) is 0 Å². The molecular weight excluding hydrogens is 494 g/mol. The maximum absolute atomic E-state index is 11.5. The van der Waals surface area contributed by atoms with E-state index in [1.54, 1.807) is 36.4 Å². The van der Waals surface area contributed by atoms with Gasteiger partial charge in [0.15, 0.2) is 0 Å². The fraction of sp³-hybridized carbons (Fsp3) is 0.458. The van der Waals surface area contributed by atoms with Crippen molar-refractivity contribution in [1.82, 2.24) is 14.9 Å². The Balaban J connectivity index is 1.36. The van der Waals surface area contributed by atoms with Crippen LogP contribution >= 0.6 is 34.7 Å². The molecule has 182 valence electrons. The van der Waals surface area contributed by atoms with Crippen molar-refractivity contribution >= 4 is 51.8 Å². The van der Waals surface area contributed by atoms with Gasteiger partial charge >= 0.3 is 6.16 Å². The summed E-state index contributed by atoms with van der Waals surface area (Å²) in [6, 6.07) is 5.76. The molecule has 0 bridgehead atoms. The number of rotatable bonds is 10. The lowest BCUT2D eigenvalue weighted by atomic mass is 9.85. The van der Waals surface area contributed by atoms with Crippen molar-refractivity contribution in [3.05, 3.63) is 46.6 Å². The molecule has 0 radical (unpaired) electrons. The van der Waals surface area contributed by atoms with Gasteiger partial charge in [-0.05, 0) is 43.0 Å². The second-order valence-electron chi connectivity index (χ2n) is 8.36. The number of ether oxygens (including phenoxy) is 2. The number of methoxy groups -OCH3 is 1. The molecule has 0 atom stereocenters. The van der Waals surface area contributed by atoms with E-state index in [0.717, 1.165) is 58.4 Å². The van der Waals surface area contributed by atoms with Crippen molar-refractivity contribution in [2.24, 2.45) is 0 Å². The zero-order valence-corrected chi connectivity index (χ0v) is 21.4. The Labute approximate surface area is 212 Å².